The second-order valence-electron chi connectivity index (χ2n) is 5.09. The number of nitrogens with two attached hydrogens (primary N) is 2. The van der Waals surface area contributed by atoms with Crippen molar-refractivity contribution in [2.75, 3.05) is 11.9 Å². The van der Waals surface area contributed by atoms with Crippen LogP contribution in [0.3, 0.4) is 0 Å². The fraction of sp³-hybridized carbons (Fsp3) is 0.462. The number of hydrogen-bond donors (Lipinski definition) is 3. The number of primary sulfonamides is 1. The number of benzene rings is 1. The van der Waals surface area contributed by atoms with Crippen LogP contribution in [-0.2, 0) is 14.8 Å². The largest absolute Gasteiger partial charge is 0.330 e. The Morgan fingerprint density at radius 2 is 1.90 bits per heavy atom. The lowest BCUT2D eigenvalue weighted by Crippen LogP contribution is -2.31. The molecule has 0 aliphatic carbocycles. The summed E-state index contributed by atoms with van der Waals surface area (Å²) in [5.74, 6) is -0.330. The lowest BCUT2D eigenvalue weighted by Gasteiger charge is -2.17. The Morgan fingerprint density at radius 3 is 2.40 bits per heavy atom. The first kappa shape index (κ1) is 16.6. The number of carbonyl (C=O) groups excluding carboxylic acids is 1. The van der Waals surface area contributed by atoms with Crippen molar-refractivity contribution in [3.05, 3.63) is 24.3 Å². The van der Waals surface area contributed by atoms with Gasteiger partial charge in [0.15, 0.2) is 0 Å². The average molecular weight is 299 g/mol. The van der Waals surface area contributed by atoms with Gasteiger partial charge in [0.05, 0.1) is 11.6 Å². The fourth-order valence-corrected chi connectivity index (χ4v) is 2.63. The van der Waals surface area contributed by atoms with E-state index < -0.39 is 10.0 Å². The Bertz CT molecular complexity index is 570. The molecule has 0 aliphatic heterocycles. The van der Waals surface area contributed by atoms with Gasteiger partial charge in [0.25, 0.3) is 0 Å². The quantitative estimate of drug-likeness (QED) is 0.723. The summed E-state index contributed by atoms with van der Waals surface area (Å²) in [6, 6.07) is 6.03. The van der Waals surface area contributed by atoms with Gasteiger partial charge in [-0.1, -0.05) is 26.0 Å². The highest BCUT2D eigenvalue weighted by Gasteiger charge is 2.21. The number of nitrogens with one attached hydrogen (secondary N) is 1. The molecule has 1 aromatic carbocycles. The van der Waals surface area contributed by atoms with E-state index in [2.05, 4.69) is 5.32 Å². The van der Waals surface area contributed by atoms with Gasteiger partial charge in [-0.2, -0.15) is 0 Å². The highest BCUT2D eigenvalue weighted by Crippen LogP contribution is 2.21. The van der Waals surface area contributed by atoms with Gasteiger partial charge in [-0.3, -0.25) is 4.79 Å². The van der Waals surface area contributed by atoms with E-state index in [0.717, 1.165) is 0 Å². The maximum Gasteiger partial charge on any atom is 0.240 e. The average Bonchev–Trinajstić information content (AvgIpc) is 2.34. The van der Waals surface area contributed by atoms with E-state index in [-0.39, 0.29) is 29.0 Å². The molecule has 6 nitrogen and oxygen atoms in total. The van der Waals surface area contributed by atoms with E-state index in [4.69, 9.17) is 10.9 Å². The van der Waals surface area contributed by atoms with Crippen molar-refractivity contribution in [2.24, 2.45) is 22.7 Å². The van der Waals surface area contributed by atoms with E-state index in [9.17, 15) is 13.2 Å². The minimum absolute atomic E-state index is 0.103. The number of rotatable bonds is 6. The van der Waals surface area contributed by atoms with Crippen LogP contribution in [0, 0.1) is 11.8 Å². The Morgan fingerprint density at radius 1 is 1.30 bits per heavy atom. The molecule has 0 heterocycles. The molecule has 1 rings (SSSR count). The summed E-state index contributed by atoms with van der Waals surface area (Å²) in [6.07, 6.45) is 0.639. The van der Waals surface area contributed by atoms with Crippen molar-refractivity contribution in [1.82, 2.24) is 0 Å². The predicted octanol–water partition coefficient (Wildman–Crippen LogP) is 0.893. The Labute approximate surface area is 119 Å². The van der Waals surface area contributed by atoms with Crippen LogP contribution in [-0.4, -0.2) is 20.9 Å². The van der Waals surface area contributed by atoms with Crippen LogP contribution < -0.4 is 16.2 Å². The normalized spacial score (nSPS) is 13.2. The minimum atomic E-state index is -3.88. The predicted molar refractivity (Wildman–Crippen MR) is 78.4 cm³/mol. The van der Waals surface area contributed by atoms with E-state index in [1.165, 1.54) is 12.1 Å². The van der Waals surface area contributed by atoms with Gasteiger partial charge >= 0.3 is 0 Å². The summed E-state index contributed by atoms with van der Waals surface area (Å²) in [5.41, 5.74) is 5.78. The molecule has 7 heteroatoms. The van der Waals surface area contributed by atoms with E-state index >= 15 is 0 Å². The molecular weight excluding hydrogens is 278 g/mol. The van der Waals surface area contributed by atoms with Crippen molar-refractivity contribution < 1.29 is 13.2 Å². The molecule has 0 aromatic heterocycles. The first-order valence-electron chi connectivity index (χ1n) is 6.38. The summed E-state index contributed by atoms with van der Waals surface area (Å²) in [4.78, 5) is 12.0. The maximum absolute atomic E-state index is 12.1. The molecule has 1 atom stereocenters. The van der Waals surface area contributed by atoms with Crippen molar-refractivity contribution in [2.45, 2.75) is 25.2 Å². The minimum Gasteiger partial charge on any atom is -0.330 e. The fourth-order valence-electron chi connectivity index (χ4n) is 1.93. The molecule has 1 unspecified atom stereocenters. The maximum atomic E-state index is 12.1. The van der Waals surface area contributed by atoms with Gasteiger partial charge in [0.2, 0.25) is 15.9 Å². The Kier molecular flexibility index (Phi) is 5.67. The summed E-state index contributed by atoms with van der Waals surface area (Å²) in [6.45, 7) is 4.20. The lowest BCUT2D eigenvalue weighted by molar-refractivity contribution is -0.120. The molecule has 0 spiro atoms. The first-order chi connectivity index (χ1) is 9.25. The third kappa shape index (κ3) is 4.59. The smallest absolute Gasteiger partial charge is 0.240 e. The summed E-state index contributed by atoms with van der Waals surface area (Å²) >= 11 is 0. The van der Waals surface area contributed by atoms with Crippen molar-refractivity contribution in [1.29, 1.82) is 0 Å². The Hall–Kier alpha value is -1.44. The van der Waals surface area contributed by atoms with Crippen LogP contribution in [0.15, 0.2) is 29.2 Å². The Balaban J connectivity index is 2.96. The highest BCUT2D eigenvalue weighted by molar-refractivity contribution is 7.89. The van der Waals surface area contributed by atoms with Gasteiger partial charge in [0.1, 0.15) is 4.90 Å². The first-order valence-corrected chi connectivity index (χ1v) is 7.93. The molecule has 0 fully saturated rings. The monoisotopic (exact) mass is 299 g/mol. The zero-order valence-electron chi connectivity index (χ0n) is 11.7. The van der Waals surface area contributed by atoms with Crippen molar-refractivity contribution >= 4 is 21.6 Å². The van der Waals surface area contributed by atoms with Crippen LogP contribution >= 0.6 is 0 Å². The molecule has 20 heavy (non-hydrogen) atoms. The van der Waals surface area contributed by atoms with E-state index in [0.29, 0.717) is 12.3 Å². The van der Waals surface area contributed by atoms with Crippen LogP contribution in [0.2, 0.25) is 0 Å². The van der Waals surface area contributed by atoms with Gasteiger partial charge < -0.3 is 11.1 Å². The molecule has 1 aromatic rings. The van der Waals surface area contributed by atoms with Crippen molar-refractivity contribution in [3.63, 3.8) is 0 Å². The lowest BCUT2D eigenvalue weighted by atomic mass is 9.96. The number of sulfonamides is 1. The third-order valence-electron chi connectivity index (χ3n) is 2.86. The molecule has 112 valence electrons. The standard InChI is InChI=1S/C13H21N3O3S/c1-9(2)7-10(8-14)13(17)16-11-5-3-4-6-12(11)20(15,18)19/h3-6,9-10H,7-8,14H2,1-2H3,(H,16,17)(H2,15,18,19). The molecule has 0 saturated carbocycles. The summed E-state index contributed by atoms with van der Waals surface area (Å²) < 4.78 is 22.9. The molecule has 0 bridgehead atoms. The number of anilines is 1. The van der Waals surface area contributed by atoms with Crippen LogP contribution in [0.25, 0.3) is 0 Å². The molecular formula is C13H21N3O3S. The zero-order valence-corrected chi connectivity index (χ0v) is 12.5. The van der Waals surface area contributed by atoms with Gasteiger partial charge in [-0.15, -0.1) is 0 Å². The highest BCUT2D eigenvalue weighted by atomic mass is 32.2. The third-order valence-corrected chi connectivity index (χ3v) is 3.83. The van der Waals surface area contributed by atoms with E-state index in [1.54, 1.807) is 12.1 Å². The number of hydrogen-bond acceptors (Lipinski definition) is 4. The number of amides is 1. The van der Waals surface area contributed by atoms with E-state index in [1.807, 2.05) is 13.8 Å². The molecule has 0 radical (unpaired) electrons. The SMILES string of the molecule is CC(C)CC(CN)C(=O)Nc1ccccc1S(N)(=O)=O. The topological polar surface area (TPSA) is 115 Å². The van der Waals surface area contributed by atoms with Gasteiger partial charge in [-0.05, 0) is 24.5 Å². The second kappa shape index (κ2) is 6.83. The van der Waals surface area contributed by atoms with Gasteiger partial charge in [0, 0.05) is 6.54 Å². The van der Waals surface area contributed by atoms with Crippen molar-refractivity contribution in [3.8, 4) is 0 Å². The second-order valence-corrected chi connectivity index (χ2v) is 6.62. The van der Waals surface area contributed by atoms with Gasteiger partial charge in [-0.25, -0.2) is 13.6 Å². The van der Waals surface area contributed by atoms with Crippen LogP contribution in [0.1, 0.15) is 20.3 Å². The number of carbonyl (C=O) groups is 1. The zero-order chi connectivity index (χ0) is 15.3. The van der Waals surface area contributed by atoms with Crippen LogP contribution in [0.4, 0.5) is 5.69 Å². The molecule has 0 aliphatic rings. The molecule has 1 amide bonds. The summed E-state index contributed by atoms with van der Waals surface area (Å²) in [5, 5.41) is 7.71. The van der Waals surface area contributed by atoms with Crippen LogP contribution in [0.5, 0.6) is 0 Å². The molecule has 5 N–H and O–H groups in total. The number of para-hydroxylation sites is 1. The molecule has 0 saturated heterocycles. The summed E-state index contributed by atoms with van der Waals surface area (Å²) in [7, 11) is -3.88.